The zero-order chi connectivity index (χ0) is 39.2. The van der Waals surface area contributed by atoms with E-state index in [-0.39, 0.29) is 0 Å². The fourth-order valence-corrected chi connectivity index (χ4v) is 11.0. The Labute approximate surface area is 327 Å². The number of pyridine rings is 2. The van der Waals surface area contributed by atoms with Crippen LogP contribution in [0.5, 0.6) is 5.75 Å². The Hall–Kier alpha value is -2.40. The van der Waals surface area contributed by atoms with Crippen LogP contribution >= 0.6 is 0 Å². The van der Waals surface area contributed by atoms with E-state index >= 15 is 0 Å². The van der Waals surface area contributed by atoms with Gasteiger partial charge in [0.25, 0.3) is 0 Å². The van der Waals surface area contributed by atoms with Gasteiger partial charge in [0.05, 0.1) is 5.69 Å². The van der Waals surface area contributed by atoms with Crippen molar-refractivity contribution in [3.63, 3.8) is 0 Å². The summed E-state index contributed by atoms with van der Waals surface area (Å²) in [4.78, 5) is 11.0. The van der Waals surface area contributed by atoms with Crippen LogP contribution in [0, 0.1) is 46.3 Å². The highest BCUT2D eigenvalue weighted by molar-refractivity contribution is 5.37. The molecule has 3 saturated carbocycles. The van der Waals surface area contributed by atoms with E-state index in [1.54, 1.807) is 17.8 Å². The molecule has 0 radical (unpaired) electrons. The number of nitrogens with zero attached hydrogens (tertiary/aromatic N) is 3. The predicted molar refractivity (Wildman–Crippen MR) is 229 cm³/mol. The van der Waals surface area contributed by atoms with Crippen LogP contribution in [0.15, 0.2) is 48.3 Å². The first-order valence-electron chi connectivity index (χ1n) is 22.2. The van der Waals surface area contributed by atoms with Crippen LogP contribution in [-0.4, -0.2) is 34.6 Å². The Bertz CT molecular complexity index is 1370. The van der Waals surface area contributed by atoms with Crippen molar-refractivity contribution in [2.45, 2.75) is 172 Å². The van der Waals surface area contributed by atoms with Crippen molar-refractivity contribution < 1.29 is 4.74 Å². The minimum absolute atomic E-state index is 0.302. The number of aromatic nitrogens is 2. The van der Waals surface area contributed by atoms with Crippen LogP contribution in [0.1, 0.15) is 165 Å². The Kier molecular flexibility index (Phi) is 18.4. The molecule has 300 valence electrons. The molecule has 53 heavy (non-hydrogen) atoms. The summed E-state index contributed by atoms with van der Waals surface area (Å²) in [5.74, 6) is 6.41. The zero-order valence-electron chi connectivity index (χ0n) is 36.5. The summed E-state index contributed by atoms with van der Waals surface area (Å²) in [5, 5.41) is 0. The third-order valence-electron chi connectivity index (χ3n) is 13.6. The van der Waals surface area contributed by atoms with Gasteiger partial charge in [-0.25, -0.2) is 0 Å². The van der Waals surface area contributed by atoms with Crippen LogP contribution in [0.2, 0.25) is 0 Å². The Morgan fingerprint density at radius 2 is 1.60 bits per heavy atom. The molecular weight excluding hydrogens is 649 g/mol. The fourth-order valence-electron chi connectivity index (χ4n) is 11.0. The normalized spacial score (nSPS) is 29.1. The molecule has 0 spiro atoms. The molecule has 5 heteroatoms. The summed E-state index contributed by atoms with van der Waals surface area (Å²) < 4.78 is 6.64. The molecule has 2 N–H and O–H groups in total. The molecule has 0 bridgehead atoms. The molecule has 0 aliphatic heterocycles. The molecule has 2 heterocycles. The van der Waals surface area contributed by atoms with Gasteiger partial charge in [-0.05, 0) is 136 Å². The monoisotopic (exact) mass is 731 g/mol. The summed E-state index contributed by atoms with van der Waals surface area (Å²) in [5.41, 5.74) is 11.1. The van der Waals surface area contributed by atoms with Crippen LogP contribution in [-0.2, 0) is 13.0 Å². The SMILES string of the molecule is CC.CC.CCCN(C)Cc1cc(OC2CCC3(C)C(=CCC4[C@@H]3CCC3(C)[C@@H]([C@H](C)CCCC(C)C)CC[C@@H]43)C2)ccn1.CCc1cc(N)ccn1. The number of anilines is 1. The predicted octanol–water partition coefficient (Wildman–Crippen LogP) is 13.0. The highest BCUT2D eigenvalue weighted by Crippen LogP contribution is 2.67. The number of hydrogen-bond acceptors (Lipinski definition) is 5. The molecule has 0 aromatic carbocycles. The van der Waals surface area contributed by atoms with Gasteiger partial charge in [-0.15, -0.1) is 0 Å². The maximum atomic E-state index is 6.64. The van der Waals surface area contributed by atoms with E-state index in [1.807, 2.05) is 40.0 Å². The van der Waals surface area contributed by atoms with Crippen molar-refractivity contribution >= 4 is 5.69 Å². The minimum Gasteiger partial charge on any atom is -0.490 e. The van der Waals surface area contributed by atoms with Crippen molar-refractivity contribution in [2.24, 2.45) is 46.3 Å². The van der Waals surface area contributed by atoms with Crippen molar-refractivity contribution in [3.8, 4) is 5.75 Å². The van der Waals surface area contributed by atoms with E-state index < -0.39 is 0 Å². The van der Waals surface area contributed by atoms with Gasteiger partial charge in [0.1, 0.15) is 11.9 Å². The third-order valence-corrected chi connectivity index (χ3v) is 13.6. The van der Waals surface area contributed by atoms with Gasteiger partial charge in [-0.3, -0.25) is 9.97 Å². The molecule has 4 aliphatic rings. The summed E-state index contributed by atoms with van der Waals surface area (Å²) >= 11 is 0. The lowest BCUT2D eigenvalue weighted by molar-refractivity contribution is -0.0559. The molecule has 5 nitrogen and oxygen atoms in total. The van der Waals surface area contributed by atoms with Crippen LogP contribution < -0.4 is 10.5 Å². The number of nitrogens with two attached hydrogens (primary N) is 1. The first kappa shape index (κ1) is 45.0. The molecule has 6 rings (SSSR count). The van der Waals surface area contributed by atoms with Crippen LogP contribution in [0.4, 0.5) is 5.69 Å². The lowest BCUT2D eigenvalue weighted by Gasteiger charge is -2.58. The van der Waals surface area contributed by atoms with Crippen molar-refractivity contribution in [1.29, 1.82) is 0 Å². The molecule has 4 aliphatic carbocycles. The van der Waals surface area contributed by atoms with E-state index in [0.717, 1.165) is 84.3 Å². The molecule has 3 fully saturated rings. The van der Waals surface area contributed by atoms with Crippen LogP contribution in [0.3, 0.4) is 0 Å². The zero-order valence-corrected chi connectivity index (χ0v) is 36.5. The van der Waals surface area contributed by atoms with E-state index in [0.29, 0.717) is 16.9 Å². The molecule has 2 aromatic heterocycles. The number of fused-ring (bicyclic) bond motifs is 5. The second-order valence-electron chi connectivity index (χ2n) is 17.4. The molecular formula is C48H82N4O. The van der Waals surface area contributed by atoms with Gasteiger partial charge < -0.3 is 15.4 Å². The molecule has 0 amide bonds. The summed E-state index contributed by atoms with van der Waals surface area (Å²) in [6, 6.07) is 7.91. The lowest BCUT2D eigenvalue weighted by atomic mass is 9.47. The summed E-state index contributed by atoms with van der Waals surface area (Å²) in [6.07, 6.45) is 23.8. The Morgan fingerprint density at radius 3 is 2.26 bits per heavy atom. The number of hydrogen-bond donors (Lipinski definition) is 1. The van der Waals surface area contributed by atoms with E-state index in [1.165, 1.54) is 70.6 Å². The third kappa shape index (κ3) is 11.6. The number of rotatable bonds is 12. The highest BCUT2D eigenvalue weighted by Gasteiger charge is 2.59. The average Bonchev–Trinajstić information content (AvgIpc) is 3.51. The number of nitrogen functional groups attached to an aromatic ring is 1. The fraction of sp³-hybridized carbons (Fsp3) is 0.750. The van der Waals surface area contributed by atoms with E-state index in [4.69, 9.17) is 10.5 Å². The molecule has 4 unspecified atom stereocenters. The topological polar surface area (TPSA) is 64.3 Å². The first-order chi connectivity index (χ1) is 25.5. The van der Waals surface area contributed by atoms with Gasteiger partial charge in [0.15, 0.2) is 0 Å². The number of ether oxygens (including phenoxy) is 1. The van der Waals surface area contributed by atoms with Gasteiger partial charge in [0.2, 0.25) is 0 Å². The quantitative estimate of drug-likeness (QED) is 0.220. The Morgan fingerprint density at radius 1 is 0.887 bits per heavy atom. The van der Waals surface area contributed by atoms with Crippen molar-refractivity contribution in [1.82, 2.24) is 14.9 Å². The van der Waals surface area contributed by atoms with Crippen molar-refractivity contribution in [2.75, 3.05) is 19.3 Å². The largest absolute Gasteiger partial charge is 0.490 e. The lowest BCUT2D eigenvalue weighted by Crippen LogP contribution is -2.51. The maximum absolute atomic E-state index is 6.64. The standard InChI is InChI=1S/C37H60N2O.C7H10N2.2C2H6/c1-8-22-39(7)25-29-24-31(18-21-38-29)40-30-16-19-36(5)28(23-30)12-13-32-34-15-14-33(27(4)11-9-10-26(2)3)37(34,6)20-17-35(32)36;1-2-7-5-6(8)3-4-9-7;2*1-2/h12,18,21,24,26-27,30,32-35H,8-11,13-17,19-20,22-23,25H2,1-7H3;3-5H,2H2,1H3,(H2,8,9);2*1-2H3/t27-,30?,32?,33-,34+,35+,36?,37?;;;/m1.../s1. The molecule has 0 saturated heterocycles. The van der Waals surface area contributed by atoms with Crippen LogP contribution in [0.25, 0.3) is 0 Å². The van der Waals surface area contributed by atoms with Gasteiger partial charge in [0, 0.05) is 42.8 Å². The average molecular weight is 731 g/mol. The van der Waals surface area contributed by atoms with Gasteiger partial charge in [-0.1, -0.05) is 107 Å². The molecule has 2 aromatic rings. The van der Waals surface area contributed by atoms with Gasteiger partial charge >= 0.3 is 0 Å². The number of allylic oxidation sites excluding steroid dienone is 1. The Balaban J connectivity index is 0.000000499. The van der Waals surface area contributed by atoms with E-state index in [9.17, 15) is 0 Å². The first-order valence-corrected chi connectivity index (χ1v) is 22.2. The number of aryl methyl sites for hydroxylation is 1. The van der Waals surface area contributed by atoms with Gasteiger partial charge in [-0.2, -0.15) is 0 Å². The maximum Gasteiger partial charge on any atom is 0.123 e. The highest BCUT2D eigenvalue weighted by atomic mass is 16.5. The second-order valence-corrected chi connectivity index (χ2v) is 17.4. The van der Waals surface area contributed by atoms with E-state index in [2.05, 4.69) is 88.6 Å². The smallest absolute Gasteiger partial charge is 0.123 e. The molecule has 8 atom stereocenters. The summed E-state index contributed by atoms with van der Waals surface area (Å²) in [6.45, 7) is 27.0. The van der Waals surface area contributed by atoms with Crippen molar-refractivity contribution in [3.05, 3.63) is 59.7 Å². The second kappa shape index (κ2) is 21.6. The summed E-state index contributed by atoms with van der Waals surface area (Å²) in [7, 11) is 2.18. The minimum atomic E-state index is 0.302.